The molecule has 2 heterocycles. The summed E-state index contributed by atoms with van der Waals surface area (Å²) in [5, 5.41) is 7.85. The number of ether oxygens (including phenoxy) is 1. The van der Waals surface area contributed by atoms with Crippen LogP contribution in [0.25, 0.3) is 0 Å². The first-order chi connectivity index (χ1) is 19.8. The van der Waals surface area contributed by atoms with Gasteiger partial charge >= 0.3 is 0 Å². The van der Waals surface area contributed by atoms with Crippen LogP contribution in [0.5, 0.6) is 5.75 Å². The Kier molecular flexibility index (Phi) is 8.93. The number of aromatic amines is 1. The minimum atomic E-state index is -0.901. The predicted octanol–water partition coefficient (Wildman–Crippen LogP) is 5.50. The van der Waals surface area contributed by atoms with Crippen LogP contribution < -0.4 is 21.1 Å². The van der Waals surface area contributed by atoms with Crippen LogP contribution in [0.1, 0.15) is 64.1 Å². The zero-order chi connectivity index (χ0) is 28.9. The highest BCUT2D eigenvalue weighted by molar-refractivity contribution is 6.30. The van der Waals surface area contributed by atoms with Crippen molar-refractivity contribution in [2.75, 3.05) is 6.61 Å². The van der Waals surface area contributed by atoms with Gasteiger partial charge in [-0.2, -0.15) is 0 Å². The number of primary amides is 1. The predicted molar refractivity (Wildman–Crippen MR) is 159 cm³/mol. The first kappa shape index (κ1) is 28.7. The van der Waals surface area contributed by atoms with Crippen LogP contribution in [0.4, 0.5) is 0 Å². The number of carbonyl (C=O) groups is 2. The highest BCUT2D eigenvalue weighted by Gasteiger charge is 2.31. The molecule has 0 radical (unpaired) electrons. The van der Waals surface area contributed by atoms with Gasteiger partial charge in [0, 0.05) is 46.6 Å². The number of halogens is 2. The molecule has 0 spiro atoms. The van der Waals surface area contributed by atoms with Gasteiger partial charge in [0.1, 0.15) is 11.8 Å². The molecule has 0 saturated heterocycles. The van der Waals surface area contributed by atoms with Gasteiger partial charge in [-0.1, -0.05) is 66.5 Å². The molecule has 212 valence electrons. The first-order valence-electron chi connectivity index (χ1n) is 13.4. The fraction of sp³-hybridized carbons (Fsp3) is 0.258. The van der Waals surface area contributed by atoms with Gasteiger partial charge in [-0.15, -0.1) is 0 Å². The number of hydrogen-bond acceptors (Lipinski definition) is 5. The van der Waals surface area contributed by atoms with Crippen LogP contribution in [-0.2, 0) is 11.2 Å². The Hall–Kier alpha value is -3.85. The number of H-pyrrole nitrogens is 1. The fourth-order valence-electron chi connectivity index (χ4n) is 5.21. The number of aromatic nitrogens is 2. The molecule has 3 aromatic carbocycles. The van der Waals surface area contributed by atoms with Gasteiger partial charge in [-0.25, -0.2) is 4.98 Å². The van der Waals surface area contributed by atoms with Crippen LogP contribution in [0.15, 0.2) is 79.3 Å². The number of para-hydroxylation sites is 1. The highest BCUT2D eigenvalue weighted by Crippen LogP contribution is 2.39. The van der Waals surface area contributed by atoms with Crippen molar-refractivity contribution in [1.82, 2.24) is 20.6 Å². The number of imidazole rings is 1. The number of amides is 2. The molecule has 8 nitrogen and oxygen atoms in total. The molecule has 1 aromatic heterocycles. The van der Waals surface area contributed by atoms with E-state index in [1.165, 1.54) is 0 Å². The topological polar surface area (TPSA) is 122 Å². The van der Waals surface area contributed by atoms with Gasteiger partial charge in [0.25, 0.3) is 5.91 Å². The molecule has 4 aromatic rings. The minimum absolute atomic E-state index is 0.0784. The summed E-state index contributed by atoms with van der Waals surface area (Å²) in [6.07, 6.45) is 4.43. The van der Waals surface area contributed by atoms with E-state index in [-0.39, 0.29) is 24.4 Å². The quantitative estimate of drug-likeness (QED) is 0.194. The monoisotopic (exact) mass is 591 g/mol. The summed E-state index contributed by atoms with van der Waals surface area (Å²) in [5.74, 6) is -0.488. The van der Waals surface area contributed by atoms with E-state index in [9.17, 15) is 9.59 Å². The Morgan fingerprint density at radius 1 is 1.07 bits per heavy atom. The standard InChI is InChI=1S/C31H31Cl2N5O3/c1-18(20-7-11-22(33)12-8-20)28(27-16-35-17-36-27)37-25-13-14-41-29-23(25)3-2-4-24(29)31(40)38-26(30(34)39)15-19-5-9-21(32)10-6-19/h2-12,16-18,25-26,28,37H,13-15H2,1H3,(H2,34,39)(H,35,36)(H,38,40)/t18?,25?,26-,28?/m0/s1. The number of nitrogens with two attached hydrogens (primary N) is 1. The van der Waals surface area contributed by atoms with E-state index >= 15 is 0 Å². The van der Waals surface area contributed by atoms with E-state index in [1.54, 1.807) is 36.7 Å². The second-order valence-corrected chi connectivity index (χ2v) is 11.0. The summed E-state index contributed by atoms with van der Waals surface area (Å²) in [5.41, 5.74) is 9.76. The molecular weight excluding hydrogens is 561 g/mol. The smallest absolute Gasteiger partial charge is 0.255 e. The summed E-state index contributed by atoms with van der Waals surface area (Å²) in [6.45, 7) is 2.57. The van der Waals surface area contributed by atoms with Crippen LogP contribution in [0.2, 0.25) is 10.0 Å². The Morgan fingerprint density at radius 3 is 2.44 bits per heavy atom. The van der Waals surface area contributed by atoms with E-state index in [2.05, 4.69) is 27.5 Å². The summed E-state index contributed by atoms with van der Waals surface area (Å²) >= 11 is 12.1. The molecule has 1 aliphatic rings. The van der Waals surface area contributed by atoms with Gasteiger partial charge in [-0.3, -0.25) is 9.59 Å². The largest absolute Gasteiger partial charge is 0.492 e. The molecule has 2 amide bonds. The van der Waals surface area contributed by atoms with E-state index in [0.717, 1.165) is 22.4 Å². The number of nitrogens with zero attached hydrogens (tertiary/aromatic N) is 1. The number of rotatable bonds is 10. The van der Waals surface area contributed by atoms with Gasteiger partial charge < -0.3 is 26.1 Å². The zero-order valence-electron chi connectivity index (χ0n) is 22.4. The molecule has 0 fully saturated rings. The Labute approximate surface area is 248 Å². The van der Waals surface area contributed by atoms with Gasteiger partial charge in [0.15, 0.2) is 0 Å². The number of fused-ring (bicyclic) bond motifs is 1. The average molecular weight is 593 g/mol. The minimum Gasteiger partial charge on any atom is -0.492 e. The molecule has 10 heteroatoms. The summed E-state index contributed by atoms with van der Waals surface area (Å²) < 4.78 is 6.04. The molecular formula is C31H31Cl2N5O3. The maximum absolute atomic E-state index is 13.4. The average Bonchev–Trinajstić information content (AvgIpc) is 3.51. The van der Waals surface area contributed by atoms with Crippen LogP contribution in [-0.4, -0.2) is 34.4 Å². The lowest BCUT2D eigenvalue weighted by Crippen LogP contribution is -2.46. The van der Waals surface area contributed by atoms with Crippen molar-refractivity contribution < 1.29 is 14.3 Å². The molecule has 0 saturated carbocycles. The normalized spacial score (nSPS) is 16.6. The number of nitrogens with one attached hydrogen (secondary N) is 3. The number of benzene rings is 3. The maximum Gasteiger partial charge on any atom is 0.255 e. The molecule has 4 atom stereocenters. The lowest BCUT2D eigenvalue weighted by Gasteiger charge is -2.34. The molecule has 41 heavy (non-hydrogen) atoms. The molecule has 5 rings (SSSR count). The van der Waals surface area contributed by atoms with E-state index < -0.39 is 17.9 Å². The van der Waals surface area contributed by atoms with Crippen molar-refractivity contribution in [3.05, 3.63) is 117 Å². The molecule has 1 aliphatic heterocycles. The zero-order valence-corrected chi connectivity index (χ0v) is 24.0. The second kappa shape index (κ2) is 12.8. The van der Waals surface area contributed by atoms with E-state index in [1.807, 2.05) is 42.6 Å². The lowest BCUT2D eigenvalue weighted by molar-refractivity contribution is -0.119. The number of carbonyl (C=O) groups excluding carboxylic acids is 2. The van der Waals surface area contributed by atoms with Gasteiger partial charge in [0.2, 0.25) is 5.91 Å². The third kappa shape index (κ3) is 6.73. The Bertz CT molecular complexity index is 1490. The van der Waals surface area contributed by atoms with E-state index in [4.69, 9.17) is 33.7 Å². The summed E-state index contributed by atoms with van der Waals surface area (Å²) in [7, 11) is 0. The van der Waals surface area contributed by atoms with Gasteiger partial charge in [0.05, 0.1) is 30.2 Å². The van der Waals surface area contributed by atoms with Crippen molar-refractivity contribution in [2.45, 2.75) is 43.8 Å². The Morgan fingerprint density at radius 2 is 1.78 bits per heavy atom. The van der Waals surface area contributed by atoms with Crippen molar-refractivity contribution in [1.29, 1.82) is 0 Å². The third-order valence-corrected chi connectivity index (χ3v) is 7.96. The lowest BCUT2D eigenvalue weighted by atomic mass is 9.89. The highest BCUT2D eigenvalue weighted by atomic mass is 35.5. The molecule has 3 unspecified atom stereocenters. The molecule has 5 N–H and O–H groups in total. The third-order valence-electron chi connectivity index (χ3n) is 7.45. The van der Waals surface area contributed by atoms with Crippen LogP contribution >= 0.6 is 23.2 Å². The molecule has 0 aliphatic carbocycles. The Balaban J connectivity index is 1.38. The van der Waals surface area contributed by atoms with Crippen molar-refractivity contribution in [3.63, 3.8) is 0 Å². The SMILES string of the molecule is CC(c1ccc(Cl)cc1)C(NC1CCOc2c(C(=O)N[C@@H](Cc3ccc(Cl)cc3)C(N)=O)cccc21)c1cnc[nH]1. The first-order valence-corrected chi connectivity index (χ1v) is 14.2. The van der Waals surface area contributed by atoms with Gasteiger partial charge in [-0.05, 0) is 41.5 Å². The maximum atomic E-state index is 13.4. The summed E-state index contributed by atoms with van der Waals surface area (Å²) in [6, 6.07) is 19.3. The number of hydrogen-bond donors (Lipinski definition) is 4. The van der Waals surface area contributed by atoms with Crippen molar-refractivity contribution in [2.24, 2.45) is 5.73 Å². The second-order valence-electron chi connectivity index (χ2n) is 10.2. The summed E-state index contributed by atoms with van der Waals surface area (Å²) in [4.78, 5) is 33.2. The molecule has 0 bridgehead atoms. The van der Waals surface area contributed by atoms with E-state index in [0.29, 0.717) is 34.4 Å². The van der Waals surface area contributed by atoms with Crippen molar-refractivity contribution >= 4 is 35.0 Å². The van der Waals surface area contributed by atoms with Crippen LogP contribution in [0.3, 0.4) is 0 Å². The van der Waals surface area contributed by atoms with Crippen molar-refractivity contribution in [3.8, 4) is 5.75 Å². The van der Waals surface area contributed by atoms with Crippen LogP contribution in [0, 0.1) is 0 Å². The fourth-order valence-corrected chi connectivity index (χ4v) is 5.46.